The predicted octanol–water partition coefficient (Wildman–Crippen LogP) is 5.96. The Hall–Kier alpha value is -4.55. The smallest absolute Gasteiger partial charge is 0.174 e. The molecule has 30 heavy (non-hydrogen) atoms. The molecule has 2 heterocycles. The Labute approximate surface area is 175 Å². The summed E-state index contributed by atoms with van der Waals surface area (Å²) in [6.07, 6.45) is 0. The minimum atomic E-state index is 0.571. The first kappa shape index (κ1) is 21.7. The first-order valence-electron chi connectivity index (χ1n) is 8.83. The average molecular weight is 393 g/mol. The van der Waals surface area contributed by atoms with E-state index in [2.05, 4.69) is 71.6 Å². The standard InChI is InChI=1S/C15H11NO3.C8H4.C3H4/c1-2-4-10(5-3-1)15-11-8-13-14(18-7-6-17-13)9-12(11)16-19-15;1-3-5-7-8-6-4-2;1-3-2/h1-5,8-9H,6-7H2;1-2H2;1-2H2. The Kier molecular flexibility index (Phi) is 8.71. The molecular weight excluding hydrogens is 374 g/mol. The van der Waals surface area contributed by atoms with Crippen LogP contribution in [0.5, 0.6) is 11.5 Å². The first-order chi connectivity index (χ1) is 14.7. The number of aromatic nitrogens is 1. The topological polar surface area (TPSA) is 44.5 Å². The number of nitrogens with zero attached hydrogens (tertiary/aromatic N) is 1. The summed E-state index contributed by atoms with van der Waals surface area (Å²) in [6, 6.07) is 13.7. The van der Waals surface area contributed by atoms with E-state index in [1.54, 1.807) is 0 Å². The Morgan fingerprint density at radius 1 is 0.767 bits per heavy atom. The monoisotopic (exact) mass is 393 g/mol. The van der Waals surface area contributed by atoms with E-state index in [0.717, 1.165) is 33.7 Å². The molecule has 3 aromatic rings. The fraction of sp³-hybridized carbons (Fsp3) is 0.0769. The largest absolute Gasteiger partial charge is 0.486 e. The summed E-state index contributed by atoms with van der Waals surface area (Å²) in [6.45, 7) is 13.9. The molecule has 0 amide bonds. The van der Waals surface area contributed by atoms with E-state index in [4.69, 9.17) is 14.0 Å². The Balaban J connectivity index is 0.000000247. The highest BCUT2D eigenvalue weighted by molar-refractivity contribution is 5.93. The van der Waals surface area contributed by atoms with Crippen LogP contribution in [0.2, 0.25) is 0 Å². The molecule has 0 saturated carbocycles. The van der Waals surface area contributed by atoms with E-state index < -0.39 is 0 Å². The minimum absolute atomic E-state index is 0.571. The lowest BCUT2D eigenvalue weighted by molar-refractivity contribution is 0.172. The minimum Gasteiger partial charge on any atom is -0.486 e. The van der Waals surface area contributed by atoms with Gasteiger partial charge in [-0.15, -0.1) is 5.73 Å². The lowest BCUT2D eigenvalue weighted by Crippen LogP contribution is -2.15. The van der Waals surface area contributed by atoms with Gasteiger partial charge in [0.1, 0.15) is 18.7 Å². The molecule has 0 aliphatic carbocycles. The van der Waals surface area contributed by atoms with Gasteiger partial charge < -0.3 is 14.0 Å². The lowest BCUT2D eigenvalue weighted by Gasteiger charge is -2.17. The molecule has 4 heteroatoms. The zero-order chi connectivity index (χ0) is 21.6. The van der Waals surface area contributed by atoms with Crippen molar-refractivity contribution in [2.45, 2.75) is 0 Å². The van der Waals surface area contributed by atoms with Gasteiger partial charge in [-0.3, -0.25) is 0 Å². The summed E-state index contributed by atoms with van der Waals surface area (Å²) in [4.78, 5) is 0. The van der Waals surface area contributed by atoms with Gasteiger partial charge in [0.05, 0.1) is 5.39 Å². The van der Waals surface area contributed by atoms with Crippen LogP contribution in [0.4, 0.5) is 0 Å². The molecule has 0 saturated heterocycles. The van der Waals surface area contributed by atoms with E-state index in [1.807, 2.05) is 42.5 Å². The van der Waals surface area contributed by atoms with Gasteiger partial charge in [-0.05, 0) is 42.1 Å². The summed E-state index contributed by atoms with van der Waals surface area (Å²) in [7, 11) is 0. The van der Waals surface area contributed by atoms with Crippen molar-refractivity contribution >= 4 is 10.9 Å². The molecule has 1 aliphatic rings. The SMILES string of the molecule is C=C=C.C=C=C=C=C=C=C=C.c1ccc(-c2onc3cc4c(cc23)OCCO4)cc1. The van der Waals surface area contributed by atoms with E-state index in [0.29, 0.717) is 13.2 Å². The molecule has 2 aromatic carbocycles. The van der Waals surface area contributed by atoms with Crippen LogP contribution in [0.25, 0.3) is 22.2 Å². The summed E-state index contributed by atoms with van der Waals surface area (Å²) in [5.41, 5.74) is 18.5. The molecule has 0 fully saturated rings. The van der Waals surface area contributed by atoms with Gasteiger partial charge >= 0.3 is 0 Å². The van der Waals surface area contributed by atoms with Crippen molar-refractivity contribution in [3.8, 4) is 22.8 Å². The Morgan fingerprint density at radius 3 is 1.90 bits per heavy atom. The van der Waals surface area contributed by atoms with Gasteiger partial charge in [0.25, 0.3) is 0 Å². The van der Waals surface area contributed by atoms with Crippen LogP contribution in [0, 0.1) is 0 Å². The summed E-state index contributed by atoms with van der Waals surface area (Å²) in [5, 5.41) is 5.03. The highest BCUT2D eigenvalue weighted by Gasteiger charge is 2.18. The van der Waals surface area contributed by atoms with E-state index in [1.165, 1.54) is 0 Å². The predicted molar refractivity (Wildman–Crippen MR) is 118 cm³/mol. The highest BCUT2D eigenvalue weighted by Crippen LogP contribution is 2.38. The molecule has 0 N–H and O–H groups in total. The highest BCUT2D eigenvalue weighted by atomic mass is 16.6. The second-order valence-corrected chi connectivity index (χ2v) is 5.49. The molecule has 1 aromatic heterocycles. The van der Waals surface area contributed by atoms with Gasteiger partial charge in [-0.25, -0.2) is 0 Å². The maximum Gasteiger partial charge on any atom is 0.174 e. The number of benzene rings is 2. The van der Waals surface area contributed by atoms with Crippen LogP contribution in [-0.4, -0.2) is 18.4 Å². The van der Waals surface area contributed by atoms with Gasteiger partial charge in [-0.2, -0.15) is 0 Å². The van der Waals surface area contributed by atoms with Crippen molar-refractivity contribution in [3.05, 3.63) is 109 Å². The third kappa shape index (κ3) is 5.98. The molecular formula is C26H19NO3. The Morgan fingerprint density at radius 2 is 1.33 bits per heavy atom. The number of hydrogen-bond acceptors (Lipinski definition) is 4. The normalized spacial score (nSPS) is 9.87. The number of rotatable bonds is 1. The van der Waals surface area contributed by atoms with Gasteiger partial charge in [0.15, 0.2) is 17.3 Å². The third-order valence-electron chi connectivity index (χ3n) is 3.54. The molecule has 4 rings (SSSR count). The maximum atomic E-state index is 5.60. The van der Waals surface area contributed by atoms with Crippen molar-refractivity contribution in [1.82, 2.24) is 5.16 Å². The van der Waals surface area contributed by atoms with Crippen LogP contribution in [0.3, 0.4) is 0 Å². The third-order valence-corrected chi connectivity index (χ3v) is 3.54. The van der Waals surface area contributed by atoms with E-state index in [9.17, 15) is 0 Å². The van der Waals surface area contributed by atoms with Crippen molar-refractivity contribution in [2.75, 3.05) is 13.2 Å². The van der Waals surface area contributed by atoms with Crippen LogP contribution < -0.4 is 9.47 Å². The molecule has 0 spiro atoms. The van der Waals surface area contributed by atoms with Crippen LogP contribution in [0.1, 0.15) is 0 Å². The molecule has 4 nitrogen and oxygen atoms in total. The molecule has 0 radical (unpaired) electrons. The van der Waals surface area contributed by atoms with Crippen molar-refractivity contribution in [2.24, 2.45) is 0 Å². The zero-order valence-electron chi connectivity index (χ0n) is 16.5. The lowest BCUT2D eigenvalue weighted by atomic mass is 10.1. The number of hydrogen-bond donors (Lipinski definition) is 0. The van der Waals surface area contributed by atoms with E-state index >= 15 is 0 Å². The fourth-order valence-electron chi connectivity index (χ4n) is 2.43. The number of ether oxygens (including phenoxy) is 2. The van der Waals surface area contributed by atoms with Gasteiger partial charge in [0.2, 0.25) is 0 Å². The summed E-state index contributed by atoms with van der Waals surface area (Å²) < 4.78 is 16.6. The molecule has 0 unspecified atom stereocenters. The molecule has 0 bridgehead atoms. The fourth-order valence-corrected chi connectivity index (χ4v) is 2.43. The molecule has 0 atom stereocenters. The van der Waals surface area contributed by atoms with Gasteiger partial charge in [0, 0.05) is 11.6 Å². The first-order valence-corrected chi connectivity index (χ1v) is 8.83. The zero-order valence-corrected chi connectivity index (χ0v) is 16.5. The average Bonchev–Trinajstić information content (AvgIpc) is 3.19. The van der Waals surface area contributed by atoms with Crippen LogP contribution >= 0.6 is 0 Å². The van der Waals surface area contributed by atoms with Crippen molar-refractivity contribution in [1.29, 1.82) is 0 Å². The van der Waals surface area contributed by atoms with E-state index in [-0.39, 0.29) is 0 Å². The second kappa shape index (κ2) is 12.0. The van der Waals surface area contributed by atoms with Crippen molar-refractivity contribution < 1.29 is 14.0 Å². The maximum absolute atomic E-state index is 5.60. The molecule has 1 aliphatic heterocycles. The van der Waals surface area contributed by atoms with Crippen LogP contribution in [-0.2, 0) is 0 Å². The summed E-state index contributed by atoms with van der Waals surface area (Å²) in [5.74, 6) is 2.23. The quantitative estimate of drug-likeness (QED) is 0.479. The van der Waals surface area contributed by atoms with Crippen LogP contribution in [0.15, 0.2) is 113 Å². The summed E-state index contributed by atoms with van der Waals surface area (Å²) >= 11 is 0. The second-order valence-electron chi connectivity index (χ2n) is 5.49. The Bertz CT molecular complexity index is 1230. The molecule has 146 valence electrons. The van der Waals surface area contributed by atoms with Crippen molar-refractivity contribution in [3.63, 3.8) is 0 Å². The number of fused-ring (bicyclic) bond motifs is 2. The van der Waals surface area contributed by atoms with Gasteiger partial charge in [-0.1, -0.05) is 60.1 Å².